The maximum absolute atomic E-state index is 10.5. The third kappa shape index (κ3) is 1.71. The van der Waals surface area contributed by atoms with Crippen molar-refractivity contribution in [2.75, 3.05) is 0 Å². The van der Waals surface area contributed by atoms with Crippen molar-refractivity contribution in [3.05, 3.63) is 52.1 Å². The van der Waals surface area contributed by atoms with Gasteiger partial charge in [0.15, 0.2) is 0 Å². The molecule has 0 aromatic carbocycles. The van der Waals surface area contributed by atoms with Crippen LogP contribution in [0.5, 0.6) is 0 Å². The van der Waals surface area contributed by atoms with Crippen LogP contribution in [0.2, 0.25) is 0 Å². The highest BCUT2D eigenvalue weighted by molar-refractivity contribution is 5.53. The van der Waals surface area contributed by atoms with Crippen molar-refractivity contribution in [2.24, 2.45) is 0 Å². The topological polar surface area (TPSA) is 60.4 Å². The van der Waals surface area contributed by atoms with Gasteiger partial charge in [0.1, 0.15) is 5.65 Å². The van der Waals surface area contributed by atoms with E-state index < -0.39 is 4.92 Å². The predicted molar refractivity (Wildman–Crippen MR) is 55.8 cm³/mol. The largest absolute Gasteiger partial charge is 0.300 e. The molecule has 2 aromatic rings. The summed E-state index contributed by atoms with van der Waals surface area (Å²) in [5, 5.41) is 10.5. The van der Waals surface area contributed by atoms with E-state index in [9.17, 15) is 10.1 Å². The van der Waals surface area contributed by atoms with E-state index in [4.69, 9.17) is 0 Å². The Bertz CT molecular complexity index is 542. The fourth-order valence-electron chi connectivity index (χ4n) is 1.33. The molecule has 5 nitrogen and oxygen atoms in total. The molecule has 5 heteroatoms. The Morgan fingerprint density at radius 2 is 2.40 bits per heavy atom. The Morgan fingerprint density at radius 3 is 3.13 bits per heavy atom. The standard InChI is InChI=1S/C10H9N3O2/c1-8(13(14)15)6-9-7-11-10-4-2-3-5-12(9)10/h2-7H,1H3. The van der Waals surface area contributed by atoms with Crippen molar-refractivity contribution in [3.8, 4) is 0 Å². The van der Waals surface area contributed by atoms with E-state index in [1.165, 1.54) is 13.0 Å². The zero-order valence-electron chi connectivity index (χ0n) is 8.12. The number of nitrogens with zero attached hydrogens (tertiary/aromatic N) is 3. The lowest BCUT2D eigenvalue weighted by Crippen LogP contribution is -1.94. The van der Waals surface area contributed by atoms with Gasteiger partial charge in [-0.3, -0.25) is 10.1 Å². The molecule has 0 aliphatic carbocycles. The number of hydrogen-bond acceptors (Lipinski definition) is 3. The zero-order chi connectivity index (χ0) is 10.8. The van der Waals surface area contributed by atoms with Crippen LogP contribution in [0.25, 0.3) is 11.7 Å². The highest BCUT2D eigenvalue weighted by Gasteiger charge is 2.05. The molecule has 0 N–H and O–H groups in total. The lowest BCUT2D eigenvalue weighted by atomic mass is 10.3. The molecule has 0 aliphatic rings. The number of nitro groups is 1. The Morgan fingerprint density at radius 1 is 1.60 bits per heavy atom. The van der Waals surface area contributed by atoms with Crippen LogP contribution in [-0.4, -0.2) is 14.3 Å². The van der Waals surface area contributed by atoms with Crippen molar-refractivity contribution in [2.45, 2.75) is 6.92 Å². The minimum atomic E-state index is -0.414. The first-order valence-electron chi connectivity index (χ1n) is 4.43. The average molecular weight is 203 g/mol. The van der Waals surface area contributed by atoms with Crippen molar-refractivity contribution in [3.63, 3.8) is 0 Å². The third-order valence-corrected chi connectivity index (χ3v) is 2.09. The van der Waals surface area contributed by atoms with Gasteiger partial charge in [0.05, 0.1) is 16.8 Å². The Balaban J connectivity index is 2.54. The fourth-order valence-corrected chi connectivity index (χ4v) is 1.33. The Labute approximate surface area is 85.8 Å². The number of fused-ring (bicyclic) bond motifs is 1. The number of hydrogen-bond donors (Lipinski definition) is 0. The molecule has 0 aliphatic heterocycles. The van der Waals surface area contributed by atoms with Crippen LogP contribution in [-0.2, 0) is 0 Å². The van der Waals surface area contributed by atoms with E-state index >= 15 is 0 Å². The van der Waals surface area contributed by atoms with Crippen LogP contribution in [0.1, 0.15) is 12.6 Å². The van der Waals surface area contributed by atoms with Gasteiger partial charge in [0.2, 0.25) is 5.70 Å². The Hall–Kier alpha value is -2.17. The summed E-state index contributed by atoms with van der Waals surface area (Å²) in [6.07, 6.45) is 4.93. The molecule has 0 radical (unpaired) electrons. The molecule has 0 saturated carbocycles. The number of rotatable bonds is 2. The summed E-state index contributed by atoms with van der Waals surface area (Å²) in [6.45, 7) is 1.46. The molecule has 2 heterocycles. The van der Waals surface area contributed by atoms with E-state index in [0.717, 1.165) is 5.65 Å². The van der Waals surface area contributed by atoms with Crippen LogP contribution in [0.15, 0.2) is 36.3 Å². The normalized spacial score (nSPS) is 11.9. The first-order chi connectivity index (χ1) is 7.18. The van der Waals surface area contributed by atoms with E-state index in [1.54, 1.807) is 10.6 Å². The maximum Gasteiger partial charge on any atom is 0.245 e. The molecule has 0 bridgehead atoms. The fraction of sp³-hybridized carbons (Fsp3) is 0.100. The van der Waals surface area contributed by atoms with Crippen molar-refractivity contribution in [1.82, 2.24) is 9.38 Å². The second-order valence-corrected chi connectivity index (χ2v) is 3.15. The lowest BCUT2D eigenvalue weighted by molar-refractivity contribution is -0.422. The van der Waals surface area contributed by atoms with E-state index in [0.29, 0.717) is 5.69 Å². The number of aromatic nitrogens is 2. The molecule has 0 unspecified atom stereocenters. The molecule has 2 rings (SSSR count). The molecule has 0 atom stereocenters. The maximum atomic E-state index is 10.5. The number of pyridine rings is 1. The summed E-state index contributed by atoms with van der Waals surface area (Å²) in [7, 11) is 0. The van der Waals surface area contributed by atoms with Crippen molar-refractivity contribution < 1.29 is 4.92 Å². The van der Waals surface area contributed by atoms with Gasteiger partial charge in [0, 0.05) is 19.2 Å². The van der Waals surface area contributed by atoms with Gasteiger partial charge in [-0.05, 0) is 12.1 Å². The highest BCUT2D eigenvalue weighted by atomic mass is 16.6. The highest BCUT2D eigenvalue weighted by Crippen LogP contribution is 2.10. The SMILES string of the molecule is CC(=Cc1cnc2ccccn12)[N+](=O)[O-]. The first kappa shape index (κ1) is 9.39. The average Bonchev–Trinajstić information content (AvgIpc) is 2.62. The molecular formula is C10H9N3O2. The minimum absolute atomic E-state index is 0.0978. The monoisotopic (exact) mass is 203 g/mol. The predicted octanol–water partition coefficient (Wildman–Crippen LogP) is 1.97. The first-order valence-corrected chi connectivity index (χ1v) is 4.43. The molecule has 0 fully saturated rings. The minimum Gasteiger partial charge on any atom is -0.300 e. The molecular weight excluding hydrogens is 194 g/mol. The molecule has 15 heavy (non-hydrogen) atoms. The number of allylic oxidation sites excluding steroid dienone is 1. The third-order valence-electron chi connectivity index (χ3n) is 2.09. The van der Waals surface area contributed by atoms with E-state index in [1.807, 2.05) is 24.4 Å². The van der Waals surface area contributed by atoms with Crippen molar-refractivity contribution in [1.29, 1.82) is 0 Å². The number of imidazole rings is 1. The molecule has 0 saturated heterocycles. The van der Waals surface area contributed by atoms with Gasteiger partial charge in [-0.25, -0.2) is 4.98 Å². The summed E-state index contributed by atoms with van der Waals surface area (Å²) < 4.78 is 1.80. The van der Waals surface area contributed by atoms with Crippen LogP contribution in [0.3, 0.4) is 0 Å². The smallest absolute Gasteiger partial charge is 0.245 e. The van der Waals surface area contributed by atoms with Gasteiger partial charge < -0.3 is 4.40 Å². The Kier molecular flexibility index (Phi) is 2.21. The van der Waals surface area contributed by atoms with Crippen LogP contribution in [0.4, 0.5) is 0 Å². The summed E-state index contributed by atoms with van der Waals surface area (Å²) >= 11 is 0. The molecule has 76 valence electrons. The van der Waals surface area contributed by atoms with E-state index in [-0.39, 0.29) is 5.70 Å². The summed E-state index contributed by atoms with van der Waals surface area (Å²) in [4.78, 5) is 14.2. The molecule has 0 amide bonds. The summed E-state index contributed by atoms with van der Waals surface area (Å²) in [5.41, 5.74) is 1.58. The zero-order valence-corrected chi connectivity index (χ0v) is 8.12. The second kappa shape index (κ2) is 3.53. The van der Waals surface area contributed by atoms with Crippen LogP contribution in [0, 0.1) is 10.1 Å². The van der Waals surface area contributed by atoms with Gasteiger partial charge in [0.25, 0.3) is 0 Å². The summed E-state index contributed by atoms with van der Waals surface area (Å²) in [6, 6.07) is 5.57. The van der Waals surface area contributed by atoms with Crippen LogP contribution < -0.4 is 0 Å². The van der Waals surface area contributed by atoms with Gasteiger partial charge in [-0.2, -0.15) is 0 Å². The molecule has 2 aromatic heterocycles. The van der Waals surface area contributed by atoms with Gasteiger partial charge in [-0.15, -0.1) is 0 Å². The van der Waals surface area contributed by atoms with Crippen LogP contribution >= 0.6 is 0 Å². The lowest BCUT2D eigenvalue weighted by Gasteiger charge is -1.94. The quantitative estimate of drug-likeness (QED) is 0.553. The van der Waals surface area contributed by atoms with Gasteiger partial charge >= 0.3 is 0 Å². The van der Waals surface area contributed by atoms with Gasteiger partial charge in [-0.1, -0.05) is 6.07 Å². The second-order valence-electron chi connectivity index (χ2n) is 3.15. The molecule has 0 spiro atoms. The van der Waals surface area contributed by atoms with E-state index in [2.05, 4.69) is 4.98 Å². The van der Waals surface area contributed by atoms with Crippen molar-refractivity contribution >= 4 is 11.7 Å². The summed E-state index contributed by atoms with van der Waals surface area (Å²) in [5.74, 6) is 0.